The zero-order valence-electron chi connectivity index (χ0n) is 6.97. The second-order valence-corrected chi connectivity index (χ2v) is 3.34. The lowest BCUT2D eigenvalue weighted by molar-refractivity contribution is 0.556. The zero-order valence-corrected chi connectivity index (χ0v) is 7.73. The normalized spacial score (nSPS) is 22.1. The topological polar surface area (TPSA) is 62.1 Å². The van der Waals surface area contributed by atoms with Crippen LogP contribution in [0, 0.1) is 0 Å². The summed E-state index contributed by atoms with van der Waals surface area (Å²) in [7, 11) is 0. The molecule has 1 aromatic rings. The van der Waals surface area contributed by atoms with Gasteiger partial charge in [-0.1, -0.05) is 11.6 Å². The van der Waals surface area contributed by atoms with Gasteiger partial charge in [-0.3, -0.25) is 5.32 Å². The Morgan fingerprint density at radius 3 is 3.00 bits per heavy atom. The van der Waals surface area contributed by atoms with Crippen molar-refractivity contribution in [2.75, 3.05) is 12.4 Å². The van der Waals surface area contributed by atoms with Gasteiger partial charge in [0.1, 0.15) is 0 Å². The first kappa shape index (κ1) is 8.77. The van der Waals surface area contributed by atoms with Crippen molar-refractivity contribution >= 4 is 17.3 Å². The molecule has 1 saturated heterocycles. The van der Waals surface area contributed by atoms with E-state index in [2.05, 4.69) is 16.2 Å². The smallest absolute Gasteiger partial charge is 0.0994 e. The average Bonchev–Trinajstić information content (AvgIpc) is 2.61. The molecular formula is C8H11ClN4. The van der Waals surface area contributed by atoms with Crippen molar-refractivity contribution < 1.29 is 0 Å². The monoisotopic (exact) mass is 198 g/mol. The van der Waals surface area contributed by atoms with E-state index in [4.69, 9.17) is 17.3 Å². The maximum absolute atomic E-state index is 5.86. The van der Waals surface area contributed by atoms with Gasteiger partial charge in [0, 0.05) is 16.3 Å². The Bertz CT molecular complexity index is 309. The van der Waals surface area contributed by atoms with Gasteiger partial charge < -0.3 is 5.73 Å². The maximum atomic E-state index is 5.86. The van der Waals surface area contributed by atoms with Crippen LogP contribution in [0.15, 0.2) is 18.2 Å². The van der Waals surface area contributed by atoms with Crippen molar-refractivity contribution in [1.82, 2.24) is 16.2 Å². The Morgan fingerprint density at radius 2 is 2.31 bits per heavy atom. The summed E-state index contributed by atoms with van der Waals surface area (Å²) in [4.78, 5) is 0. The summed E-state index contributed by atoms with van der Waals surface area (Å²) in [5.74, 6) is 0. The van der Waals surface area contributed by atoms with Gasteiger partial charge in [-0.2, -0.15) is 0 Å². The minimum absolute atomic E-state index is 0.0405. The van der Waals surface area contributed by atoms with Gasteiger partial charge in [0.2, 0.25) is 0 Å². The second-order valence-electron chi connectivity index (χ2n) is 2.91. The molecule has 0 spiro atoms. The Balaban J connectivity index is 2.32. The molecule has 1 aliphatic rings. The van der Waals surface area contributed by atoms with E-state index in [-0.39, 0.29) is 6.17 Å². The van der Waals surface area contributed by atoms with Crippen molar-refractivity contribution in [2.24, 2.45) is 0 Å². The van der Waals surface area contributed by atoms with Crippen molar-refractivity contribution in [2.45, 2.75) is 6.17 Å². The number of benzene rings is 1. The van der Waals surface area contributed by atoms with E-state index in [0.29, 0.717) is 5.02 Å². The molecule has 4 nitrogen and oxygen atoms in total. The molecule has 0 aliphatic carbocycles. The molecule has 13 heavy (non-hydrogen) atoms. The zero-order chi connectivity index (χ0) is 9.26. The molecule has 0 radical (unpaired) electrons. The largest absolute Gasteiger partial charge is 0.398 e. The third kappa shape index (κ3) is 1.76. The summed E-state index contributed by atoms with van der Waals surface area (Å²) in [5, 5.41) is 3.87. The summed E-state index contributed by atoms with van der Waals surface area (Å²) >= 11 is 5.86. The molecule has 1 aliphatic heterocycles. The second kappa shape index (κ2) is 3.51. The van der Waals surface area contributed by atoms with E-state index < -0.39 is 0 Å². The molecule has 0 saturated carbocycles. The van der Waals surface area contributed by atoms with Crippen LogP contribution in [-0.2, 0) is 0 Å². The molecule has 1 fully saturated rings. The van der Waals surface area contributed by atoms with E-state index in [1.807, 2.05) is 6.07 Å². The van der Waals surface area contributed by atoms with Gasteiger partial charge in [0.05, 0.1) is 12.8 Å². The maximum Gasteiger partial charge on any atom is 0.0994 e. The Morgan fingerprint density at radius 1 is 1.46 bits per heavy atom. The van der Waals surface area contributed by atoms with Crippen molar-refractivity contribution in [1.29, 1.82) is 0 Å². The highest BCUT2D eigenvalue weighted by Gasteiger charge is 2.17. The number of anilines is 1. The lowest BCUT2D eigenvalue weighted by atomic mass is 10.1. The molecule has 5 N–H and O–H groups in total. The first-order valence-corrected chi connectivity index (χ1v) is 4.42. The van der Waals surface area contributed by atoms with Crippen LogP contribution in [0.3, 0.4) is 0 Å². The Kier molecular flexibility index (Phi) is 2.37. The van der Waals surface area contributed by atoms with Crippen LogP contribution in [0.2, 0.25) is 5.02 Å². The molecule has 70 valence electrons. The predicted octanol–water partition coefficient (Wildman–Crippen LogP) is 0.576. The number of halogens is 1. The molecule has 1 unspecified atom stereocenters. The summed E-state index contributed by atoms with van der Waals surface area (Å²) < 4.78 is 0. The summed E-state index contributed by atoms with van der Waals surface area (Å²) in [6.07, 6.45) is 0.0405. The van der Waals surface area contributed by atoms with Gasteiger partial charge in [-0.05, 0) is 18.2 Å². The number of nitrogens with two attached hydrogens (primary N) is 1. The summed E-state index contributed by atoms with van der Waals surface area (Å²) in [5.41, 5.74) is 13.5. The van der Waals surface area contributed by atoms with E-state index in [0.717, 1.165) is 17.9 Å². The molecule has 2 rings (SSSR count). The molecule has 1 heterocycles. The lowest BCUT2D eigenvalue weighted by Crippen LogP contribution is -2.26. The van der Waals surface area contributed by atoms with Crippen molar-refractivity contribution in [3.05, 3.63) is 28.8 Å². The number of rotatable bonds is 1. The van der Waals surface area contributed by atoms with E-state index in [9.17, 15) is 0 Å². The highest BCUT2D eigenvalue weighted by Crippen LogP contribution is 2.23. The van der Waals surface area contributed by atoms with Crippen LogP contribution < -0.4 is 21.9 Å². The third-order valence-electron chi connectivity index (χ3n) is 2.00. The van der Waals surface area contributed by atoms with Crippen molar-refractivity contribution in [3.8, 4) is 0 Å². The van der Waals surface area contributed by atoms with Gasteiger partial charge >= 0.3 is 0 Å². The Labute approximate surface area is 81.4 Å². The predicted molar refractivity (Wildman–Crippen MR) is 52.9 cm³/mol. The first-order chi connectivity index (χ1) is 6.27. The first-order valence-electron chi connectivity index (χ1n) is 4.04. The van der Waals surface area contributed by atoms with Crippen LogP contribution in [0.4, 0.5) is 5.69 Å². The third-order valence-corrected chi connectivity index (χ3v) is 2.24. The van der Waals surface area contributed by atoms with Gasteiger partial charge in [-0.25, -0.2) is 10.9 Å². The fourth-order valence-electron chi connectivity index (χ4n) is 1.34. The minimum atomic E-state index is 0.0405. The van der Waals surface area contributed by atoms with Crippen LogP contribution >= 0.6 is 11.6 Å². The van der Waals surface area contributed by atoms with Crippen molar-refractivity contribution in [3.63, 3.8) is 0 Å². The Hall–Kier alpha value is -0.810. The van der Waals surface area contributed by atoms with Gasteiger partial charge in [0.25, 0.3) is 0 Å². The molecule has 1 aromatic carbocycles. The van der Waals surface area contributed by atoms with E-state index in [1.54, 1.807) is 12.1 Å². The van der Waals surface area contributed by atoms with Gasteiger partial charge in [-0.15, -0.1) is 0 Å². The number of hydrogen-bond acceptors (Lipinski definition) is 4. The standard InChI is InChI=1S/C8H11ClN4/c9-5-1-2-7(10)6(3-5)8-11-4-12-13-8/h1-3,8,11-13H,4,10H2. The average molecular weight is 199 g/mol. The highest BCUT2D eigenvalue weighted by molar-refractivity contribution is 6.30. The highest BCUT2D eigenvalue weighted by atomic mass is 35.5. The summed E-state index contributed by atoms with van der Waals surface area (Å²) in [6, 6.07) is 5.44. The molecular weight excluding hydrogens is 188 g/mol. The van der Waals surface area contributed by atoms with E-state index >= 15 is 0 Å². The van der Waals surface area contributed by atoms with Crippen LogP contribution in [-0.4, -0.2) is 6.67 Å². The number of nitrogen functional groups attached to an aromatic ring is 1. The quantitative estimate of drug-likeness (QED) is 0.499. The fraction of sp³-hybridized carbons (Fsp3) is 0.250. The fourth-order valence-corrected chi connectivity index (χ4v) is 1.52. The molecule has 0 bridgehead atoms. The number of hydrogen-bond donors (Lipinski definition) is 4. The SMILES string of the molecule is Nc1ccc(Cl)cc1C1NCNN1. The lowest BCUT2D eigenvalue weighted by Gasteiger charge is -2.13. The van der Waals surface area contributed by atoms with Crippen LogP contribution in [0.5, 0.6) is 0 Å². The minimum Gasteiger partial charge on any atom is -0.398 e. The molecule has 0 amide bonds. The molecule has 5 heteroatoms. The molecule has 1 atom stereocenters. The summed E-state index contributed by atoms with van der Waals surface area (Å²) in [6.45, 7) is 0.719. The number of hydrazine groups is 1. The van der Waals surface area contributed by atoms with Gasteiger partial charge in [0.15, 0.2) is 0 Å². The van der Waals surface area contributed by atoms with E-state index in [1.165, 1.54) is 0 Å². The molecule has 0 aromatic heterocycles. The van der Waals surface area contributed by atoms with Crippen LogP contribution in [0.25, 0.3) is 0 Å². The number of nitrogens with one attached hydrogen (secondary N) is 3. The van der Waals surface area contributed by atoms with Crippen LogP contribution in [0.1, 0.15) is 11.7 Å².